The molecule has 0 fully saturated rings. The number of allylic oxidation sites excluding steroid dienone is 6. The fourth-order valence-electron chi connectivity index (χ4n) is 1.05. The van der Waals surface area contributed by atoms with Crippen LogP contribution in [0.15, 0.2) is 52.7 Å². The van der Waals surface area contributed by atoms with Gasteiger partial charge in [0.2, 0.25) is 0 Å². The van der Waals surface area contributed by atoms with Gasteiger partial charge in [0.25, 0.3) is 0 Å². The van der Waals surface area contributed by atoms with E-state index in [2.05, 4.69) is 31.5 Å². The van der Waals surface area contributed by atoms with Crippen molar-refractivity contribution in [2.24, 2.45) is 4.99 Å². The molecule has 0 saturated heterocycles. The number of halogens is 1. The number of nitrogens with zero attached hydrogens (tertiary/aromatic N) is 1. The van der Waals surface area contributed by atoms with E-state index in [1.165, 1.54) is 11.1 Å². The quantitative estimate of drug-likeness (QED) is 0.374. The second-order valence-electron chi connectivity index (χ2n) is 3.78. The molecule has 0 amide bonds. The van der Waals surface area contributed by atoms with Crippen LogP contribution in [-0.4, -0.2) is 11.6 Å². The summed E-state index contributed by atoms with van der Waals surface area (Å²) in [5, 5.41) is 0. The van der Waals surface area contributed by atoms with Gasteiger partial charge in [0.15, 0.2) is 0 Å². The van der Waals surface area contributed by atoms with E-state index in [0.717, 1.165) is 11.3 Å². The van der Waals surface area contributed by atoms with Crippen LogP contribution >= 0.6 is 11.6 Å². The molecule has 0 bridgehead atoms. The summed E-state index contributed by atoms with van der Waals surface area (Å²) in [6.45, 7) is 11.7. The number of rotatable bonds is 5. The minimum atomic E-state index is 0.573. The lowest BCUT2D eigenvalue weighted by Crippen LogP contribution is -1.88. The second-order valence-corrected chi connectivity index (χ2v) is 4.04. The van der Waals surface area contributed by atoms with Crippen LogP contribution < -0.4 is 0 Å². The van der Waals surface area contributed by atoms with Gasteiger partial charge >= 0.3 is 0 Å². The van der Waals surface area contributed by atoms with E-state index in [1.54, 1.807) is 6.20 Å². The van der Waals surface area contributed by atoms with Crippen LogP contribution in [-0.2, 0) is 0 Å². The molecule has 16 heavy (non-hydrogen) atoms. The van der Waals surface area contributed by atoms with E-state index in [0.29, 0.717) is 5.88 Å². The molecule has 0 saturated carbocycles. The first-order chi connectivity index (χ1) is 7.51. The van der Waals surface area contributed by atoms with Crippen molar-refractivity contribution in [3.63, 3.8) is 0 Å². The molecule has 0 heterocycles. The first-order valence-corrected chi connectivity index (χ1v) is 5.78. The summed E-state index contributed by atoms with van der Waals surface area (Å²) in [5.74, 6) is 0.573. The smallest absolute Gasteiger partial charge is 0.0433 e. The topological polar surface area (TPSA) is 12.4 Å². The fourth-order valence-corrected chi connectivity index (χ4v) is 1.14. The van der Waals surface area contributed by atoms with Gasteiger partial charge in [-0.3, -0.25) is 4.99 Å². The highest BCUT2D eigenvalue weighted by molar-refractivity contribution is 6.19. The minimum absolute atomic E-state index is 0.573. The van der Waals surface area contributed by atoms with Gasteiger partial charge in [0.1, 0.15) is 0 Å². The van der Waals surface area contributed by atoms with Crippen LogP contribution in [0.4, 0.5) is 0 Å². The normalized spacial score (nSPS) is 15.3. The minimum Gasteiger partial charge on any atom is -0.262 e. The Balaban J connectivity index is 4.79. The molecule has 0 N–H and O–H groups in total. The van der Waals surface area contributed by atoms with Crippen LogP contribution in [0.3, 0.4) is 0 Å². The number of aliphatic imine (C=N–C) groups is 1. The third-order valence-corrected chi connectivity index (χ3v) is 2.59. The number of hydrogen-bond donors (Lipinski definition) is 0. The van der Waals surface area contributed by atoms with Gasteiger partial charge in [-0.15, -0.1) is 11.6 Å². The van der Waals surface area contributed by atoms with Crippen LogP contribution in [0.2, 0.25) is 0 Å². The molecule has 0 aliphatic heterocycles. The van der Waals surface area contributed by atoms with E-state index in [9.17, 15) is 0 Å². The van der Waals surface area contributed by atoms with E-state index in [1.807, 2.05) is 26.0 Å². The predicted molar refractivity (Wildman–Crippen MR) is 75.3 cm³/mol. The highest BCUT2D eigenvalue weighted by Gasteiger charge is 1.93. The van der Waals surface area contributed by atoms with Crippen molar-refractivity contribution in [3.05, 3.63) is 47.7 Å². The molecule has 1 nitrogen and oxygen atoms in total. The summed E-state index contributed by atoms with van der Waals surface area (Å²) in [4.78, 5) is 4.10. The summed E-state index contributed by atoms with van der Waals surface area (Å²) in [6, 6.07) is 0. The van der Waals surface area contributed by atoms with Gasteiger partial charge in [-0.25, -0.2) is 0 Å². The zero-order chi connectivity index (χ0) is 12.6. The molecular weight excluding hydrogens is 218 g/mol. The molecule has 2 heteroatoms. The summed E-state index contributed by atoms with van der Waals surface area (Å²) in [6.07, 6.45) is 7.71. The molecule has 0 unspecified atom stereocenters. The van der Waals surface area contributed by atoms with Gasteiger partial charge in [-0.2, -0.15) is 0 Å². The Morgan fingerprint density at radius 2 is 1.75 bits per heavy atom. The Kier molecular flexibility index (Phi) is 7.57. The lowest BCUT2D eigenvalue weighted by molar-refractivity contribution is 1.33. The maximum absolute atomic E-state index is 5.70. The highest BCUT2D eigenvalue weighted by atomic mass is 35.5. The first kappa shape index (κ1) is 14.9. The standard InChI is InChI=1S/C14H20ClN/c1-6-16-14(5)9-13(4)12(3)8-7-11(2)10-15/h6-9H,1,10H2,2-5H3/b11-7+,12-8+,13-9+,16-14?. The van der Waals surface area contributed by atoms with Crippen molar-refractivity contribution >= 4 is 17.3 Å². The van der Waals surface area contributed by atoms with Crippen LogP contribution in [0.25, 0.3) is 0 Å². The average Bonchev–Trinajstić information content (AvgIpc) is 2.25. The van der Waals surface area contributed by atoms with E-state index in [4.69, 9.17) is 11.6 Å². The molecule has 88 valence electrons. The number of hydrogen-bond acceptors (Lipinski definition) is 1. The molecule has 0 aromatic rings. The predicted octanol–water partition coefficient (Wildman–Crippen LogP) is 4.67. The average molecular weight is 238 g/mol. The zero-order valence-electron chi connectivity index (χ0n) is 10.5. The van der Waals surface area contributed by atoms with Gasteiger partial charge in [0, 0.05) is 17.8 Å². The van der Waals surface area contributed by atoms with Crippen LogP contribution in [0, 0.1) is 0 Å². The van der Waals surface area contributed by atoms with Crippen molar-refractivity contribution < 1.29 is 0 Å². The Hall–Kier alpha value is -1.08. The Morgan fingerprint density at radius 3 is 2.25 bits per heavy atom. The van der Waals surface area contributed by atoms with Gasteiger partial charge in [0.05, 0.1) is 0 Å². The lowest BCUT2D eigenvalue weighted by Gasteiger charge is -2.00. The Labute approximate surface area is 104 Å². The van der Waals surface area contributed by atoms with Crippen molar-refractivity contribution in [1.82, 2.24) is 0 Å². The van der Waals surface area contributed by atoms with E-state index >= 15 is 0 Å². The van der Waals surface area contributed by atoms with Gasteiger partial charge in [-0.05, 0) is 44.9 Å². The van der Waals surface area contributed by atoms with Crippen molar-refractivity contribution in [2.75, 3.05) is 5.88 Å². The van der Waals surface area contributed by atoms with Crippen molar-refractivity contribution in [3.8, 4) is 0 Å². The maximum atomic E-state index is 5.70. The molecule has 0 aliphatic carbocycles. The Bertz CT molecular complexity index is 357. The molecule has 0 spiro atoms. The third kappa shape index (κ3) is 6.41. The first-order valence-electron chi connectivity index (χ1n) is 5.25. The maximum Gasteiger partial charge on any atom is 0.0433 e. The molecule has 0 radical (unpaired) electrons. The zero-order valence-corrected chi connectivity index (χ0v) is 11.3. The van der Waals surface area contributed by atoms with E-state index < -0.39 is 0 Å². The van der Waals surface area contributed by atoms with Crippen LogP contribution in [0.1, 0.15) is 27.7 Å². The summed E-state index contributed by atoms with van der Waals surface area (Å²) >= 11 is 5.70. The molecular formula is C14H20ClN. The Morgan fingerprint density at radius 1 is 1.12 bits per heavy atom. The third-order valence-electron chi connectivity index (χ3n) is 2.17. The molecule has 0 atom stereocenters. The fraction of sp³-hybridized carbons (Fsp3) is 0.357. The summed E-state index contributed by atoms with van der Waals surface area (Å²) in [5.41, 5.74) is 4.52. The van der Waals surface area contributed by atoms with Crippen LogP contribution in [0.5, 0.6) is 0 Å². The van der Waals surface area contributed by atoms with Gasteiger partial charge < -0.3 is 0 Å². The van der Waals surface area contributed by atoms with Crippen molar-refractivity contribution in [2.45, 2.75) is 27.7 Å². The van der Waals surface area contributed by atoms with Crippen molar-refractivity contribution in [1.29, 1.82) is 0 Å². The summed E-state index contributed by atoms with van der Waals surface area (Å²) < 4.78 is 0. The monoisotopic (exact) mass is 237 g/mol. The highest BCUT2D eigenvalue weighted by Crippen LogP contribution is 2.09. The van der Waals surface area contributed by atoms with E-state index in [-0.39, 0.29) is 0 Å². The van der Waals surface area contributed by atoms with Gasteiger partial charge in [-0.1, -0.05) is 24.3 Å². The summed E-state index contributed by atoms with van der Waals surface area (Å²) in [7, 11) is 0. The molecule has 0 aromatic heterocycles. The molecule has 0 aliphatic rings. The number of alkyl halides is 1. The molecule has 0 aromatic carbocycles. The second kappa shape index (κ2) is 8.12. The largest absolute Gasteiger partial charge is 0.262 e. The SMILES string of the molecule is C=CN=C(C)/C=C(C)/C(C)=C/C=C(\C)CCl. The lowest BCUT2D eigenvalue weighted by atomic mass is 10.1. The molecule has 0 rings (SSSR count).